The number of thiocyanates is 1. The molecule has 0 bridgehead atoms. The third-order valence-electron chi connectivity index (χ3n) is 4.55. The maximum atomic E-state index is 10.8. The molecule has 0 amide bonds. The molecule has 4 rings (SSSR count). The van der Waals surface area contributed by atoms with Crippen molar-refractivity contribution in [1.29, 1.82) is 5.26 Å². The minimum Gasteiger partial charge on any atom is -0.696 e. The Labute approximate surface area is 244 Å². The molecule has 4 aromatic rings. The van der Waals surface area contributed by atoms with E-state index in [1.165, 1.54) is 78.7 Å². The van der Waals surface area contributed by atoms with Gasteiger partial charge in [-0.05, 0) is 48.5 Å². The van der Waals surface area contributed by atoms with Gasteiger partial charge in [-0.1, -0.05) is 5.40 Å². The fourth-order valence-corrected chi connectivity index (χ4v) is 2.81. The summed E-state index contributed by atoms with van der Waals surface area (Å²) in [5.41, 5.74) is 1.56. The molecule has 0 aliphatic carbocycles. The molecule has 0 aromatic carbocycles. The summed E-state index contributed by atoms with van der Waals surface area (Å²) in [5, 5.41) is 43.9. The molecule has 0 saturated heterocycles. The molecule has 4 aromatic heterocycles. The van der Waals surface area contributed by atoms with Crippen molar-refractivity contribution in [2.75, 3.05) is 0 Å². The molecule has 40 heavy (non-hydrogen) atoms. The number of aromatic nitrogens is 4. The molecule has 13 nitrogen and oxygen atoms in total. The molecule has 15 heteroatoms. The van der Waals surface area contributed by atoms with E-state index in [9.17, 15) is 19.2 Å². The van der Waals surface area contributed by atoms with E-state index in [0.29, 0.717) is 22.8 Å². The van der Waals surface area contributed by atoms with Crippen LogP contribution in [0.3, 0.4) is 0 Å². The van der Waals surface area contributed by atoms with Crippen LogP contribution in [0.1, 0.15) is 41.4 Å². The number of carbonyl (C=O) groups is 4. The number of aromatic carboxylic acids is 4. The smallest absolute Gasteiger partial charge is 0.696 e. The van der Waals surface area contributed by atoms with Gasteiger partial charge in [0.1, 0.15) is 0 Å². The van der Waals surface area contributed by atoms with Crippen LogP contribution in [0.2, 0.25) is 0 Å². The molecule has 0 aliphatic heterocycles. The summed E-state index contributed by atoms with van der Waals surface area (Å²) in [6, 6.07) is 10.8. The first-order valence-electron chi connectivity index (χ1n) is 10.4. The number of hydrogen-bond acceptors (Lipinski definition) is 10. The van der Waals surface area contributed by atoms with Crippen molar-refractivity contribution in [1.82, 2.24) is 19.9 Å². The molecule has 4 heterocycles. The fraction of sp³-hybridized carbons (Fsp3) is 0. The van der Waals surface area contributed by atoms with Crippen molar-refractivity contribution in [3.05, 3.63) is 95.6 Å². The number of nitrogens with zero attached hydrogens (tertiary/aromatic N) is 5. The zero-order chi connectivity index (χ0) is 28.9. The van der Waals surface area contributed by atoms with E-state index >= 15 is 0 Å². The Kier molecular flexibility index (Phi) is 13.1. The molecule has 0 aliphatic rings. The van der Waals surface area contributed by atoms with E-state index in [1.54, 1.807) is 0 Å². The van der Waals surface area contributed by atoms with Gasteiger partial charge >= 0.3 is 43.4 Å². The van der Waals surface area contributed by atoms with Gasteiger partial charge in [0.15, 0.2) is 0 Å². The second kappa shape index (κ2) is 15.9. The summed E-state index contributed by atoms with van der Waals surface area (Å²) in [5.74, 6) is -4.30. The van der Waals surface area contributed by atoms with Gasteiger partial charge in [-0.15, -0.1) is 0 Å². The van der Waals surface area contributed by atoms with Crippen molar-refractivity contribution in [3.8, 4) is 28.2 Å². The molecule has 4 N–H and O–H groups in total. The van der Waals surface area contributed by atoms with Crippen LogP contribution >= 0.6 is 0 Å². The van der Waals surface area contributed by atoms with Crippen molar-refractivity contribution in [3.63, 3.8) is 0 Å². The molecule has 203 valence electrons. The number of rotatable bonds is 6. The Morgan fingerprint density at radius 3 is 0.875 bits per heavy atom. The minimum atomic E-state index is -1.08. The average Bonchev–Trinajstić information content (AvgIpc) is 2.94. The summed E-state index contributed by atoms with van der Waals surface area (Å²) in [6.45, 7) is 0. The van der Waals surface area contributed by atoms with Gasteiger partial charge in [0.05, 0.1) is 45.0 Å². The Morgan fingerprint density at radius 1 is 0.550 bits per heavy atom. The Bertz CT molecular complexity index is 1360. The van der Waals surface area contributed by atoms with Gasteiger partial charge in [0, 0.05) is 24.8 Å². The van der Waals surface area contributed by atoms with Gasteiger partial charge in [-0.3, -0.25) is 19.9 Å². The van der Waals surface area contributed by atoms with Gasteiger partial charge in [-0.2, -0.15) is 0 Å². The molecule has 0 fully saturated rings. The summed E-state index contributed by atoms with van der Waals surface area (Å²) in [4.78, 5) is 59.2. The second-order valence-electron chi connectivity index (χ2n) is 7.03. The summed E-state index contributed by atoms with van der Waals surface area (Å²) < 4.78 is 0. The van der Waals surface area contributed by atoms with Crippen molar-refractivity contribution >= 4 is 36.5 Å². The quantitative estimate of drug-likeness (QED) is 0.134. The van der Waals surface area contributed by atoms with Gasteiger partial charge < -0.3 is 33.1 Å². The van der Waals surface area contributed by atoms with Crippen LogP contribution in [-0.2, 0) is 32.1 Å². The van der Waals surface area contributed by atoms with E-state index in [1.807, 2.05) is 0 Å². The van der Waals surface area contributed by atoms with E-state index < -0.39 is 23.9 Å². The minimum absolute atomic E-state index is 0. The topological polar surface area (TPSA) is 225 Å². The van der Waals surface area contributed by atoms with Crippen molar-refractivity contribution < 1.29 is 59.1 Å². The van der Waals surface area contributed by atoms with Crippen LogP contribution in [-0.4, -0.2) is 64.2 Å². The SMILES string of the molecule is N#C[S-].O=C(O)c1ccnc(-c2cc(C(=O)O)ccn2)c1.O=C(O)c1ccnc(-c2cc(C(=O)O)ccn2)c1.[Ru+]. The molecular formula is C25H16N5O8RuS. The van der Waals surface area contributed by atoms with Crippen molar-refractivity contribution in [2.45, 2.75) is 0 Å². The zero-order valence-electron chi connectivity index (χ0n) is 19.8. The molecular weight excluding hydrogens is 631 g/mol. The van der Waals surface area contributed by atoms with Crippen LogP contribution in [0.15, 0.2) is 73.3 Å². The molecule has 0 unspecified atom stereocenters. The zero-order valence-corrected chi connectivity index (χ0v) is 22.4. The Hall–Kier alpha value is -5.19. The van der Waals surface area contributed by atoms with Crippen LogP contribution in [0, 0.1) is 10.7 Å². The average molecular weight is 648 g/mol. The maximum Gasteiger partial charge on any atom is 1.00 e. The van der Waals surface area contributed by atoms with Crippen LogP contribution < -0.4 is 0 Å². The molecule has 0 saturated carbocycles. The number of carboxylic acids is 4. The summed E-state index contributed by atoms with van der Waals surface area (Å²) in [7, 11) is 0. The first-order chi connectivity index (χ1) is 18.6. The number of pyridine rings is 4. The number of hydrogen-bond donors (Lipinski definition) is 4. The van der Waals surface area contributed by atoms with Crippen LogP contribution in [0.25, 0.3) is 22.8 Å². The fourth-order valence-electron chi connectivity index (χ4n) is 2.81. The van der Waals surface area contributed by atoms with Crippen LogP contribution in [0.4, 0.5) is 0 Å². The standard InChI is InChI=1S/2C12H8N2O4.CHNS.Ru/c2*15-11(16)7-1-3-13-9(5-7)10-6-8(12(17)18)2-4-14-10;2-1-3;/h2*1-6H,(H,15,16)(H,17,18);3H;/q;;;+1/p-1. The van der Waals surface area contributed by atoms with Crippen molar-refractivity contribution in [2.24, 2.45) is 0 Å². The van der Waals surface area contributed by atoms with Crippen LogP contribution in [0.5, 0.6) is 0 Å². The Morgan fingerprint density at radius 2 is 0.725 bits per heavy atom. The number of nitriles is 1. The second-order valence-corrected chi connectivity index (χ2v) is 7.21. The normalized spacial score (nSPS) is 9.18. The largest absolute Gasteiger partial charge is 1.00 e. The van der Waals surface area contributed by atoms with Gasteiger partial charge in [0.25, 0.3) is 0 Å². The Balaban J connectivity index is 0.000000356. The monoisotopic (exact) mass is 648 g/mol. The molecule has 1 radical (unpaired) electrons. The predicted octanol–water partition coefficient (Wildman–Crippen LogP) is 3.09. The number of carboxylic acid groups (broad SMARTS) is 4. The van der Waals surface area contributed by atoms with Gasteiger partial charge in [0.2, 0.25) is 0 Å². The maximum absolute atomic E-state index is 10.8. The third kappa shape index (κ3) is 9.60. The van der Waals surface area contributed by atoms with E-state index in [0.717, 1.165) is 0 Å². The van der Waals surface area contributed by atoms with E-state index in [2.05, 4.69) is 32.6 Å². The summed E-state index contributed by atoms with van der Waals surface area (Å²) >= 11 is 3.70. The van der Waals surface area contributed by atoms with E-state index in [4.69, 9.17) is 25.7 Å². The molecule has 0 spiro atoms. The molecule has 0 atom stereocenters. The predicted molar refractivity (Wildman–Crippen MR) is 136 cm³/mol. The first kappa shape index (κ1) is 32.8. The summed E-state index contributed by atoms with van der Waals surface area (Å²) in [6.07, 6.45) is 5.36. The van der Waals surface area contributed by atoms with E-state index in [-0.39, 0.29) is 41.7 Å². The third-order valence-corrected chi connectivity index (χ3v) is 4.55. The first-order valence-corrected chi connectivity index (χ1v) is 10.8. The van der Waals surface area contributed by atoms with Gasteiger partial charge in [-0.25, -0.2) is 24.4 Å².